The first-order chi connectivity index (χ1) is 12.2. The molecule has 0 aliphatic heterocycles. The lowest BCUT2D eigenvalue weighted by Gasteiger charge is -2.28. The van der Waals surface area contributed by atoms with E-state index in [1.165, 1.54) is 39.2 Å². The van der Waals surface area contributed by atoms with Gasteiger partial charge in [-0.3, -0.25) is 4.79 Å². The summed E-state index contributed by atoms with van der Waals surface area (Å²) < 4.78 is 5.10. The minimum Gasteiger partial charge on any atom is -0.504 e. The number of nitrogens with one attached hydrogen (secondary N) is 1. The van der Waals surface area contributed by atoms with Gasteiger partial charge in [-0.1, -0.05) is 23.6 Å². The molecule has 0 unspecified atom stereocenters. The molecule has 2 fully saturated rings. The Hall–Kier alpha value is -1.97. The number of benzene rings is 1. The Bertz CT molecular complexity index is 633. The third-order valence-electron chi connectivity index (χ3n) is 5.52. The Kier molecular flexibility index (Phi) is 6.00. The number of rotatable bonds is 4. The highest BCUT2D eigenvalue weighted by atomic mass is 16.5. The van der Waals surface area contributed by atoms with E-state index >= 15 is 0 Å². The molecule has 2 saturated carbocycles. The van der Waals surface area contributed by atoms with Crippen molar-refractivity contribution in [3.8, 4) is 11.5 Å². The summed E-state index contributed by atoms with van der Waals surface area (Å²) in [5.74, 6) is 0.556. The van der Waals surface area contributed by atoms with Crippen LogP contribution in [0.5, 0.6) is 11.5 Å². The number of allylic oxidation sites excluding steroid dienone is 2. The molecule has 25 heavy (non-hydrogen) atoms. The lowest BCUT2D eigenvalue weighted by molar-refractivity contribution is -0.121. The summed E-state index contributed by atoms with van der Waals surface area (Å²) in [6.45, 7) is 0. The standard InChI is InChI=1S/C21H29NO3/c1-25-20-13-15(7-12-19(20)23)14-21(24)22-18-10-8-17(9-11-18)16-5-3-2-4-6-16/h7,12-13,18,23H,2-6,8-11,14H2,1H3,(H,22,24). The van der Waals surface area contributed by atoms with Crippen molar-refractivity contribution in [3.05, 3.63) is 34.9 Å². The SMILES string of the molecule is COc1cc(CC(=O)NC2CCC(=C3CCCCC3)CC2)ccc1O. The van der Waals surface area contributed by atoms with E-state index in [0.717, 1.165) is 31.2 Å². The molecule has 0 aromatic heterocycles. The normalized spacial score (nSPS) is 21.1. The zero-order valence-electron chi connectivity index (χ0n) is 15.1. The number of carbonyl (C=O) groups is 1. The quantitative estimate of drug-likeness (QED) is 0.803. The van der Waals surface area contributed by atoms with Crippen molar-refractivity contribution < 1.29 is 14.6 Å². The molecule has 2 aliphatic rings. The van der Waals surface area contributed by atoms with Crippen LogP contribution in [-0.2, 0) is 11.2 Å². The fourth-order valence-corrected chi connectivity index (χ4v) is 4.09. The second kappa shape index (κ2) is 8.41. The van der Waals surface area contributed by atoms with Crippen LogP contribution in [0.15, 0.2) is 29.3 Å². The third kappa shape index (κ3) is 4.77. The van der Waals surface area contributed by atoms with E-state index in [9.17, 15) is 9.90 Å². The zero-order chi connectivity index (χ0) is 17.6. The molecule has 0 spiro atoms. The summed E-state index contributed by atoms with van der Waals surface area (Å²) in [4.78, 5) is 12.3. The van der Waals surface area contributed by atoms with Gasteiger partial charge in [0.2, 0.25) is 5.91 Å². The Morgan fingerprint density at radius 1 is 1.12 bits per heavy atom. The first-order valence-electron chi connectivity index (χ1n) is 9.50. The van der Waals surface area contributed by atoms with Gasteiger partial charge >= 0.3 is 0 Å². The Balaban J connectivity index is 1.49. The second-order valence-corrected chi connectivity index (χ2v) is 7.29. The fourth-order valence-electron chi connectivity index (χ4n) is 4.09. The lowest BCUT2D eigenvalue weighted by Crippen LogP contribution is -2.37. The molecule has 4 heteroatoms. The molecule has 1 amide bonds. The molecule has 2 aliphatic carbocycles. The maximum absolute atomic E-state index is 12.3. The number of ether oxygens (including phenoxy) is 1. The van der Waals surface area contributed by atoms with Crippen LogP contribution in [0.25, 0.3) is 0 Å². The number of hydrogen-bond donors (Lipinski definition) is 2. The average Bonchev–Trinajstić information content (AvgIpc) is 2.64. The first kappa shape index (κ1) is 17.8. The molecule has 1 aromatic carbocycles. The Labute approximate surface area is 150 Å². The van der Waals surface area contributed by atoms with Crippen LogP contribution in [0.1, 0.15) is 63.4 Å². The molecule has 0 saturated heterocycles. The average molecular weight is 343 g/mol. The maximum atomic E-state index is 12.3. The molecular formula is C21H29NO3. The van der Waals surface area contributed by atoms with Gasteiger partial charge < -0.3 is 15.2 Å². The predicted molar refractivity (Wildman–Crippen MR) is 98.9 cm³/mol. The highest BCUT2D eigenvalue weighted by Gasteiger charge is 2.21. The Morgan fingerprint density at radius 3 is 2.48 bits per heavy atom. The number of amides is 1. The summed E-state index contributed by atoms with van der Waals surface area (Å²) in [5, 5.41) is 12.8. The van der Waals surface area contributed by atoms with E-state index in [1.807, 2.05) is 0 Å². The van der Waals surface area contributed by atoms with Gasteiger partial charge in [0.25, 0.3) is 0 Å². The van der Waals surface area contributed by atoms with Crippen molar-refractivity contribution in [1.82, 2.24) is 5.32 Å². The van der Waals surface area contributed by atoms with Crippen molar-refractivity contribution in [3.63, 3.8) is 0 Å². The number of aromatic hydroxyl groups is 1. The summed E-state index contributed by atoms with van der Waals surface area (Å²) >= 11 is 0. The van der Waals surface area contributed by atoms with Gasteiger partial charge in [0, 0.05) is 6.04 Å². The van der Waals surface area contributed by atoms with E-state index in [2.05, 4.69) is 5.32 Å². The van der Waals surface area contributed by atoms with Gasteiger partial charge in [0.1, 0.15) is 0 Å². The summed E-state index contributed by atoms with van der Waals surface area (Å²) in [5.41, 5.74) is 4.24. The molecule has 0 bridgehead atoms. The second-order valence-electron chi connectivity index (χ2n) is 7.29. The highest BCUT2D eigenvalue weighted by Crippen LogP contribution is 2.33. The van der Waals surface area contributed by atoms with Crippen molar-refractivity contribution in [2.75, 3.05) is 7.11 Å². The fraction of sp³-hybridized carbons (Fsp3) is 0.571. The predicted octanol–water partition coefficient (Wildman–Crippen LogP) is 4.26. The zero-order valence-corrected chi connectivity index (χ0v) is 15.1. The first-order valence-corrected chi connectivity index (χ1v) is 9.50. The largest absolute Gasteiger partial charge is 0.504 e. The Morgan fingerprint density at radius 2 is 1.80 bits per heavy atom. The van der Waals surface area contributed by atoms with Crippen LogP contribution in [0.2, 0.25) is 0 Å². The van der Waals surface area contributed by atoms with E-state index in [-0.39, 0.29) is 11.7 Å². The number of hydrogen-bond acceptors (Lipinski definition) is 3. The number of phenols is 1. The topological polar surface area (TPSA) is 58.6 Å². The van der Waals surface area contributed by atoms with E-state index < -0.39 is 0 Å². The van der Waals surface area contributed by atoms with Crippen LogP contribution in [0, 0.1) is 0 Å². The van der Waals surface area contributed by atoms with Gasteiger partial charge in [-0.15, -0.1) is 0 Å². The molecule has 136 valence electrons. The maximum Gasteiger partial charge on any atom is 0.224 e. The van der Waals surface area contributed by atoms with Crippen LogP contribution >= 0.6 is 0 Å². The van der Waals surface area contributed by atoms with Crippen LogP contribution in [-0.4, -0.2) is 24.2 Å². The molecule has 3 rings (SSSR count). The highest BCUT2D eigenvalue weighted by molar-refractivity contribution is 5.79. The van der Waals surface area contributed by atoms with Crippen molar-refractivity contribution >= 4 is 5.91 Å². The molecular weight excluding hydrogens is 314 g/mol. The molecule has 0 radical (unpaired) electrons. The molecule has 1 aromatic rings. The van der Waals surface area contributed by atoms with Gasteiger partial charge in [0.15, 0.2) is 11.5 Å². The van der Waals surface area contributed by atoms with Crippen molar-refractivity contribution in [2.24, 2.45) is 0 Å². The lowest BCUT2D eigenvalue weighted by atomic mass is 9.82. The van der Waals surface area contributed by atoms with E-state index in [0.29, 0.717) is 18.2 Å². The van der Waals surface area contributed by atoms with Gasteiger partial charge in [-0.05, 0) is 69.1 Å². The van der Waals surface area contributed by atoms with Gasteiger partial charge in [-0.2, -0.15) is 0 Å². The summed E-state index contributed by atoms with van der Waals surface area (Å²) in [6.07, 6.45) is 11.4. The molecule has 0 atom stereocenters. The minimum atomic E-state index is 0.0477. The monoisotopic (exact) mass is 343 g/mol. The van der Waals surface area contributed by atoms with Crippen LogP contribution < -0.4 is 10.1 Å². The number of carbonyl (C=O) groups excluding carboxylic acids is 1. The van der Waals surface area contributed by atoms with Crippen molar-refractivity contribution in [1.29, 1.82) is 0 Å². The molecule has 4 nitrogen and oxygen atoms in total. The van der Waals surface area contributed by atoms with Crippen LogP contribution in [0.4, 0.5) is 0 Å². The van der Waals surface area contributed by atoms with E-state index in [1.54, 1.807) is 29.3 Å². The van der Waals surface area contributed by atoms with Gasteiger partial charge in [0.05, 0.1) is 13.5 Å². The smallest absolute Gasteiger partial charge is 0.224 e. The number of methoxy groups -OCH3 is 1. The third-order valence-corrected chi connectivity index (χ3v) is 5.52. The van der Waals surface area contributed by atoms with Crippen molar-refractivity contribution in [2.45, 2.75) is 70.3 Å². The molecule has 0 heterocycles. The summed E-state index contributed by atoms with van der Waals surface area (Å²) in [7, 11) is 1.51. The number of phenolic OH excluding ortho intramolecular Hbond substituents is 1. The van der Waals surface area contributed by atoms with E-state index in [4.69, 9.17) is 4.74 Å². The van der Waals surface area contributed by atoms with Gasteiger partial charge in [-0.25, -0.2) is 0 Å². The van der Waals surface area contributed by atoms with Crippen LogP contribution in [0.3, 0.4) is 0 Å². The molecule has 2 N–H and O–H groups in total. The summed E-state index contributed by atoms with van der Waals surface area (Å²) in [6, 6.07) is 5.36. The minimum absolute atomic E-state index is 0.0477.